The Morgan fingerprint density at radius 3 is 2.38 bits per heavy atom. The minimum Gasteiger partial charge on any atom is -0.384 e. The third-order valence-electron chi connectivity index (χ3n) is 3.52. The van der Waals surface area contributed by atoms with Crippen LogP contribution in [0.3, 0.4) is 0 Å². The van der Waals surface area contributed by atoms with Gasteiger partial charge in [-0.2, -0.15) is 0 Å². The normalized spacial score (nSPS) is 15.7. The Hall–Kier alpha value is -1.11. The molecule has 0 aliphatic heterocycles. The smallest absolute Gasteiger partial charge is 0.240 e. The maximum Gasteiger partial charge on any atom is 0.240 e. The minimum absolute atomic E-state index is 0.106. The van der Waals surface area contributed by atoms with Crippen molar-refractivity contribution in [3.05, 3.63) is 24.3 Å². The summed E-state index contributed by atoms with van der Waals surface area (Å²) in [5, 5.41) is 3.32. The van der Waals surface area contributed by atoms with Gasteiger partial charge in [0.05, 0.1) is 4.90 Å². The Kier molecular flexibility index (Phi) is 5.24. The SMILES string of the molecule is CC(C)NS(=O)(=O)c1ccc(NCCN(C)C2CC2)cc1. The van der Waals surface area contributed by atoms with Crippen molar-refractivity contribution in [2.75, 3.05) is 25.5 Å². The van der Waals surface area contributed by atoms with E-state index in [4.69, 9.17) is 0 Å². The molecule has 1 aliphatic rings. The minimum atomic E-state index is -3.40. The Bertz CT molecular complexity index is 551. The first-order valence-electron chi connectivity index (χ1n) is 7.45. The molecule has 0 saturated heterocycles. The second kappa shape index (κ2) is 6.77. The van der Waals surface area contributed by atoms with Crippen LogP contribution >= 0.6 is 0 Å². The first kappa shape index (κ1) is 16.3. The van der Waals surface area contributed by atoms with Gasteiger partial charge in [-0.05, 0) is 58.0 Å². The van der Waals surface area contributed by atoms with E-state index in [2.05, 4.69) is 22.0 Å². The lowest BCUT2D eigenvalue weighted by Crippen LogP contribution is -2.30. The molecule has 6 heteroatoms. The molecule has 1 fully saturated rings. The lowest BCUT2D eigenvalue weighted by Gasteiger charge is -2.16. The standard InChI is InChI=1S/C15H25N3O2S/c1-12(2)17-21(19,20)15-8-4-13(5-9-15)16-10-11-18(3)14-6-7-14/h4-5,8-9,12,14,16-17H,6-7,10-11H2,1-3H3. The van der Waals surface area contributed by atoms with Gasteiger partial charge in [-0.3, -0.25) is 0 Å². The van der Waals surface area contributed by atoms with E-state index in [0.29, 0.717) is 4.90 Å². The predicted octanol–water partition coefficient (Wildman–Crippen LogP) is 1.88. The van der Waals surface area contributed by atoms with Crippen LogP contribution in [0.15, 0.2) is 29.2 Å². The number of anilines is 1. The average Bonchev–Trinajstić information content (AvgIpc) is 3.22. The van der Waals surface area contributed by atoms with E-state index in [-0.39, 0.29) is 6.04 Å². The molecule has 2 N–H and O–H groups in total. The van der Waals surface area contributed by atoms with Gasteiger partial charge in [-0.1, -0.05) is 0 Å². The summed E-state index contributed by atoms with van der Waals surface area (Å²) < 4.78 is 26.6. The van der Waals surface area contributed by atoms with Gasteiger partial charge in [0.25, 0.3) is 0 Å². The molecule has 1 aliphatic carbocycles. The zero-order valence-corrected chi connectivity index (χ0v) is 13.8. The molecule has 5 nitrogen and oxygen atoms in total. The van der Waals surface area contributed by atoms with Crippen molar-refractivity contribution in [3.8, 4) is 0 Å². The van der Waals surface area contributed by atoms with Crippen LogP contribution in [-0.4, -0.2) is 45.5 Å². The Labute approximate surface area is 127 Å². The first-order chi connectivity index (χ1) is 9.88. The summed E-state index contributed by atoms with van der Waals surface area (Å²) in [5.41, 5.74) is 0.947. The van der Waals surface area contributed by atoms with E-state index in [1.807, 2.05) is 26.0 Å². The molecule has 1 aromatic rings. The zero-order chi connectivity index (χ0) is 15.5. The van der Waals surface area contributed by atoms with Crippen molar-refractivity contribution < 1.29 is 8.42 Å². The average molecular weight is 311 g/mol. The summed E-state index contributed by atoms with van der Waals surface area (Å²) in [7, 11) is -1.25. The summed E-state index contributed by atoms with van der Waals surface area (Å²) >= 11 is 0. The molecule has 0 aromatic heterocycles. The van der Waals surface area contributed by atoms with Crippen molar-refractivity contribution in [1.82, 2.24) is 9.62 Å². The number of hydrogen-bond acceptors (Lipinski definition) is 4. The van der Waals surface area contributed by atoms with Crippen LogP contribution < -0.4 is 10.0 Å². The number of nitrogens with zero attached hydrogens (tertiary/aromatic N) is 1. The van der Waals surface area contributed by atoms with Crippen molar-refractivity contribution in [2.24, 2.45) is 0 Å². The highest BCUT2D eigenvalue weighted by Gasteiger charge is 2.25. The number of likely N-dealkylation sites (N-methyl/N-ethyl adjacent to an activating group) is 1. The maximum absolute atomic E-state index is 12.0. The van der Waals surface area contributed by atoms with Crippen molar-refractivity contribution >= 4 is 15.7 Å². The molecule has 0 amide bonds. The summed E-state index contributed by atoms with van der Waals surface area (Å²) in [6, 6.07) is 7.56. The van der Waals surface area contributed by atoms with Gasteiger partial charge in [-0.15, -0.1) is 0 Å². The molecular weight excluding hydrogens is 286 g/mol. The van der Waals surface area contributed by atoms with Crippen molar-refractivity contribution in [3.63, 3.8) is 0 Å². The number of sulfonamides is 1. The summed E-state index contributed by atoms with van der Waals surface area (Å²) in [4.78, 5) is 2.66. The van der Waals surface area contributed by atoms with Gasteiger partial charge in [-0.25, -0.2) is 13.1 Å². The number of hydrogen-bond donors (Lipinski definition) is 2. The monoisotopic (exact) mass is 311 g/mol. The van der Waals surface area contributed by atoms with Gasteiger partial charge >= 0.3 is 0 Å². The fourth-order valence-corrected chi connectivity index (χ4v) is 3.46. The first-order valence-corrected chi connectivity index (χ1v) is 8.93. The molecule has 0 spiro atoms. The fourth-order valence-electron chi connectivity index (χ4n) is 2.20. The number of benzene rings is 1. The fraction of sp³-hybridized carbons (Fsp3) is 0.600. The summed E-state index contributed by atoms with van der Waals surface area (Å²) in [6.07, 6.45) is 2.62. The quantitative estimate of drug-likeness (QED) is 0.769. The van der Waals surface area contributed by atoms with Crippen LogP contribution in [0.5, 0.6) is 0 Å². The van der Waals surface area contributed by atoms with Crippen LogP contribution in [0, 0.1) is 0 Å². The van der Waals surface area contributed by atoms with Crippen LogP contribution in [0.4, 0.5) is 5.69 Å². The summed E-state index contributed by atoms with van der Waals surface area (Å²) in [6.45, 7) is 5.48. The lowest BCUT2D eigenvalue weighted by molar-refractivity contribution is 0.337. The highest BCUT2D eigenvalue weighted by molar-refractivity contribution is 7.89. The van der Waals surface area contributed by atoms with E-state index < -0.39 is 10.0 Å². The molecule has 0 heterocycles. The number of nitrogens with one attached hydrogen (secondary N) is 2. The molecule has 21 heavy (non-hydrogen) atoms. The van der Waals surface area contributed by atoms with Crippen LogP contribution in [0.2, 0.25) is 0 Å². The van der Waals surface area contributed by atoms with Gasteiger partial charge in [0.2, 0.25) is 10.0 Å². The van der Waals surface area contributed by atoms with Crippen LogP contribution in [0.25, 0.3) is 0 Å². The largest absolute Gasteiger partial charge is 0.384 e. The van der Waals surface area contributed by atoms with E-state index in [9.17, 15) is 8.42 Å². The van der Waals surface area contributed by atoms with E-state index in [0.717, 1.165) is 24.8 Å². The van der Waals surface area contributed by atoms with Crippen molar-refractivity contribution in [2.45, 2.75) is 43.7 Å². The second-order valence-corrected chi connectivity index (χ2v) is 7.65. The maximum atomic E-state index is 12.0. The molecular formula is C15H25N3O2S. The molecule has 2 rings (SSSR count). The van der Waals surface area contributed by atoms with Gasteiger partial charge in [0.1, 0.15) is 0 Å². The Morgan fingerprint density at radius 1 is 1.24 bits per heavy atom. The van der Waals surface area contributed by atoms with Crippen LogP contribution in [-0.2, 0) is 10.0 Å². The highest BCUT2D eigenvalue weighted by Crippen LogP contribution is 2.24. The third kappa shape index (κ3) is 4.98. The summed E-state index contributed by atoms with van der Waals surface area (Å²) in [5.74, 6) is 0. The van der Waals surface area contributed by atoms with Gasteiger partial charge in [0, 0.05) is 30.9 Å². The Morgan fingerprint density at radius 2 is 1.86 bits per heavy atom. The van der Waals surface area contributed by atoms with Crippen molar-refractivity contribution in [1.29, 1.82) is 0 Å². The Balaban J connectivity index is 1.86. The second-order valence-electron chi connectivity index (χ2n) is 5.94. The molecule has 0 unspecified atom stereocenters. The molecule has 1 aromatic carbocycles. The molecule has 118 valence electrons. The molecule has 1 saturated carbocycles. The van der Waals surface area contributed by atoms with Gasteiger partial charge in [0.15, 0.2) is 0 Å². The lowest BCUT2D eigenvalue weighted by atomic mass is 10.3. The third-order valence-corrected chi connectivity index (χ3v) is 5.19. The zero-order valence-electron chi connectivity index (χ0n) is 13.0. The molecule has 0 radical (unpaired) electrons. The highest BCUT2D eigenvalue weighted by atomic mass is 32.2. The molecule has 0 bridgehead atoms. The van der Waals surface area contributed by atoms with Gasteiger partial charge < -0.3 is 10.2 Å². The van der Waals surface area contributed by atoms with E-state index in [1.54, 1.807) is 12.1 Å². The van der Waals surface area contributed by atoms with Crippen LogP contribution in [0.1, 0.15) is 26.7 Å². The predicted molar refractivity (Wildman–Crippen MR) is 86.0 cm³/mol. The number of rotatable bonds is 8. The molecule has 0 atom stereocenters. The van der Waals surface area contributed by atoms with E-state index in [1.165, 1.54) is 12.8 Å². The topological polar surface area (TPSA) is 61.4 Å². The van der Waals surface area contributed by atoms with E-state index >= 15 is 0 Å².